The van der Waals surface area contributed by atoms with E-state index in [1.807, 2.05) is 27.0 Å². The van der Waals surface area contributed by atoms with Crippen LogP contribution in [-0.2, 0) is 24.8 Å². The lowest BCUT2D eigenvalue weighted by Crippen LogP contribution is -2.34. The first-order valence-electron chi connectivity index (χ1n) is 9.54. The highest BCUT2D eigenvalue weighted by Gasteiger charge is 2.16. The van der Waals surface area contributed by atoms with Gasteiger partial charge in [-0.15, -0.1) is 11.3 Å². The molecule has 0 aliphatic heterocycles. The summed E-state index contributed by atoms with van der Waals surface area (Å²) in [6.45, 7) is 7.98. The zero-order valence-corrected chi connectivity index (χ0v) is 17.8. The number of benzene rings is 1. The molecule has 5 nitrogen and oxygen atoms in total. The molecule has 0 atom stereocenters. The van der Waals surface area contributed by atoms with Gasteiger partial charge in [-0.3, -0.25) is 14.4 Å². The van der Waals surface area contributed by atoms with Crippen molar-refractivity contribution in [3.63, 3.8) is 0 Å². The van der Waals surface area contributed by atoms with Crippen molar-refractivity contribution in [3.05, 3.63) is 69.2 Å². The number of amides is 1. The molecular formula is C22H28N4OS. The molecule has 0 fully saturated rings. The molecule has 2 aromatic heterocycles. The Kier molecular flexibility index (Phi) is 6.65. The molecule has 0 aliphatic rings. The number of carbonyl (C=O) groups excluding carboxylic acids is 1. The van der Waals surface area contributed by atoms with Crippen molar-refractivity contribution >= 4 is 22.9 Å². The molecule has 28 heavy (non-hydrogen) atoms. The summed E-state index contributed by atoms with van der Waals surface area (Å²) >= 11 is 1.79. The number of nitrogens with zero attached hydrogens (tertiary/aromatic N) is 3. The lowest BCUT2D eigenvalue weighted by atomic mass is 10.1. The fourth-order valence-electron chi connectivity index (χ4n) is 3.27. The van der Waals surface area contributed by atoms with Crippen LogP contribution in [0.2, 0.25) is 0 Å². The normalized spacial score (nSPS) is 11.2. The van der Waals surface area contributed by atoms with Gasteiger partial charge in [0.05, 0.1) is 23.6 Å². The van der Waals surface area contributed by atoms with Gasteiger partial charge in [-0.25, -0.2) is 0 Å². The second-order valence-electron chi connectivity index (χ2n) is 7.18. The Balaban J connectivity index is 1.67. The first-order valence-corrected chi connectivity index (χ1v) is 10.4. The Morgan fingerprint density at radius 2 is 1.89 bits per heavy atom. The topological polar surface area (TPSA) is 50.2 Å². The smallest absolute Gasteiger partial charge is 0.238 e. The molecule has 1 amide bonds. The monoisotopic (exact) mass is 396 g/mol. The van der Waals surface area contributed by atoms with E-state index in [2.05, 4.69) is 58.6 Å². The van der Waals surface area contributed by atoms with E-state index in [9.17, 15) is 4.79 Å². The molecule has 1 N–H and O–H groups in total. The van der Waals surface area contributed by atoms with Crippen LogP contribution >= 0.6 is 11.3 Å². The van der Waals surface area contributed by atoms with Crippen LogP contribution in [0.15, 0.2) is 42.5 Å². The van der Waals surface area contributed by atoms with Gasteiger partial charge in [0, 0.05) is 29.9 Å². The van der Waals surface area contributed by atoms with E-state index in [1.54, 1.807) is 16.0 Å². The van der Waals surface area contributed by atoms with Crippen molar-refractivity contribution < 1.29 is 4.79 Å². The van der Waals surface area contributed by atoms with Crippen molar-refractivity contribution in [1.29, 1.82) is 0 Å². The second kappa shape index (κ2) is 9.17. The number of hydrogen-bond donors (Lipinski definition) is 1. The van der Waals surface area contributed by atoms with Gasteiger partial charge in [-0.2, -0.15) is 5.10 Å². The Bertz CT molecular complexity index is 929. The Hall–Kier alpha value is -2.44. The molecule has 0 spiro atoms. The van der Waals surface area contributed by atoms with Crippen molar-refractivity contribution in [3.8, 4) is 0 Å². The summed E-state index contributed by atoms with van der Waals surface area (Å²) in [7, 11) is 1.89. The van der Waals surface area contributed by atoms with Crippen LogP contribution in [0, 0.1) is 20.8 Å². The van der Waals surface area contributed by atoms with E-state index >= 15 is 0 Å². The van der Waals surface area contributed by atoms with E-state index in [1.165, 1.54) is 15.3 Å². The van der Waals surface area contributed by atoms with Crippen molar-refractivity contribution in [2.24, 2.45) is 7.05 Å². The predicted molar refractivity (Wildman–Crippen MR) is 116 cm³/mol. The minimum atomic E-state index is 0.000500. The average Bonchev–Trinajstić information content (AvgIpc) is 3.18. The van der Waals surface area contributed by atoms with Gasteiger partial charge < -0.3 is 5.32 Å². The van der Waals surface area contributed by atoms with E-state index in [0.717, 1.165) is 36.6 Å². The molecule has 0 aliphatic carbocycles. The van der Waals surface area contributed by atoms with Gasteiger partial charge in [0.25, 0.3) is 0 Å². The van der Waals surface area contributed by atoms with E-state index in [0.29, 0.717) is 6.54 Å². The van der Waals surface area contributed by atoms with Crippen LogP contribution in [-0.4, -0.2) is 33.7 Å². The highest BCUT2D eigenvalue weighted by molar-refractivity contribution is 7.11. The summed E-state index contributed by atoms with van der Waals surface area (Å²) in [6, 6.07) is 14.7. The Labute approximate surface area is 171 Å². The summed E-state index contributed by atoms with van der Waals surface area (Å²) in [4.78, 5) is 17.6. The number of rotatable bonds is 8. The number of carbonyl (C=O) groups is 1. The lowest BCUT2D eigenvalue weighted by Gasteiger charge is -2.21. The predicted octanol–water partition coefficient (Wildman–Crippen LogP) is 4.09. The highest BCUT2D eigenvalue weighted by Crippen LogP contribution is 2.20. The Morgan fingerprint density at radius 1 is 1.14 bits per heavy atom. The summed E-state index contributed by atoms with van der Waals surface area (Å²) in [6.07, 6.45) is 0.920. The molecular weight excluding hydrogens is 368 g/mol. The molecule has 0 unspecified atom stereocenters. The lowest BCUT2D eigenvalue weighted by molar-refractivity contribution is -0.117. The van der Waals surface area contributed by atoms with Crippen LogP contribution in [0.4, 0.5) is 5.69 Å². The highest BCUT2D eigenvalue weighted by atomic mass is 32.1. The maximum Gasteiger partial charge on any atom is 0.238 e. The van der Waals surface area contributed by atoms with Crippen LogP contribution in [0.1, 0.15) is 26.7 Å². The van der Waals surface area contributed by atoms with Crippen LogP contribution < -0.4 is 5.32 Å². The number of aromatic nitrogens is 2. The summed E-state index contributed by atoms with van der Waals surface area (Å²) < 4.78 is 1.80. The number of hydrogen-bond acceptors (Lipinski definition) is 4. The number of aryl methyl sites for hydroxylation is 3. The van der Waals surface area contributed by atoms with Crippen molar-refractivity contribution in [2.75, 3.05) is 18.4 Å². The molecule has 0 saturated carbocycles. The zero-order valence-electron chi connectivity index (χ0n) is 17.0. The minimum absolute atomic E-state index is 0.000500. The van der Waals surface area contributed by atoms with Crippen LogP contribution in [0.25, 0.3) is 0 Å². The third-order valence-electron chi connectivity index (χ3n) is 4.88. The SMILES string of the molecule is Cc1ccc(CN(CCc2ccccc2)CC(=O)Nc2c(C)nn(C)c2C)s1. The third-order valence-corrected chi connectivity index (χ3v) is 5.86. The summed E-state index contributed by atoms with van der Waals surface area (Å²) in [5, 5.41) is 7.44. The van der Waals surface area contributed by atoms with Gasteiger partial charge >= 0.3 is 0 Å². The molecule has 0 bridgehead atoms. The van der Waals surface area contributed by atoms with E-state index in [4.69, 9.17) is 0 Å². The van der Waals surface area contributed by atoms with E-state index in [-0.39, 0.29) is 5.91 Å². The third kappa shape index (κ3) is 5.30. The van der Waals surface area contributed by atoms with Gasteiger partial charge in [-0.1, -0.05) is 30.3 Å². The summed E-state index contributed by atoms with van der Waals surface area (Å²) in [5.74, 6) is 0.000500. The number of nitrogens with one attached hydrogen (secondary N) is 1. The minimum Gasteiger partial charge on any atom is -0.322 e. The van der Waals surface area contributed by atoms with Gasteiger partial charge in [-0.05, 0) is 44.9 Å². The maximum absolute atomic E-state index is 12.8. The van der Waals surface area contributed by atoms with Crippen molar-refractivity contribution in [1.82, 2.24) is 14.7 Å². The first kappa shape index (κ1) is 20.3. The molecule has 148 valence electrons. The summed E-state index contributed by atoms with van der Waals surface area (Å²) in [5.41, 5.74) is 3.92. The standard InChI is InChI=1S/C22H28N4OS/c1-16-10-11-20(28-16)14-26(13-12-19-8-6-5-7-9-19)15-21(27)23-22-17(2)24-25(4)18(22)3/h5-11H,12-15H2,1-4H3,(H,23,27). The molecule has 3 aromatic rings. The second-order valence-corrected chi connectivity index (χ2v) is 8.55. The number of thiophene rings is 1. The van der Waals surface area contributed by atoms with Crippen LogP contribution in [0.3, 0.4) is 0 Å². The van der Waals surface area contributed by atoms with Gasteiger partial charge in [0.15, 0.2) is 0 Å². The largest absolute Gasteiger partial charge is 0.322 e. The first-order chi connectivity index (χ1) is 13.4. The average molecular weight is 397 g/mol. The molecule has 0 radical (unpaired) electrons. The molecule has 0 saturated heterocycles. The van der Waals surface area contributed by atoms with Gasteiger partial charge in [0.2, 0.25) is 5.91 Å². The fourth-order valence-corrected chi connectivity index (χ4v) is 4.21. The molecule has 6 heteroatoms. The molecule has 3 rings (SSSR count). The molecule has 1 aromatic carbocycles. The van der Waals surface area contributed by atoms with Crippen molar-refractivity contribution in [2.45, 2.75) is 33.7 Å². The quantitative estimate of drug-likeness (QED) is 0.624. The Morgan fingerprint density at radius 3 is 2.50 bits per heavy atom. The van der Waals surface area contributed by atoms with Crippen LogP contribution in [0.5, 0.6) is 0 Å². The zero-order chi connectivity index (χ0) is 20.1. The van der Waals surface area contributed by atoms with E-state index < -0.39 is 0 Å². The molecule has 2 heterocycles. The van der Waals surface area contributed by atoms with Gasteiger partial charge in [0.1, 0.15) is 0 Å². The maximum atomic E-state index is 12.8. The number of anilines is 1. The fraction of sp³-hybridized carbons (Fsp3) is 0.364.